The molecule has 1 fully saturated rings. The Morgan fingerprint density at radius 3 is 2.33 bits per heavy atom. The average Bonchev–Trinajstić information content (AvgIpc) is 2.81. The van der Waals surface area contributed by atoms with Gasteiger partial charge in [-0.3, -0.25) is 19.5 Å². The number of piperazine rings is 1. The second-order valence-electron chi connectivity index (χ2n) is 7.03. The molecular formula is C23H19N3O4. The van der Waals surface area contributed by atoms with Gasteiger partial charge in [-0.2, -0.15) is 0 Å². The van der Waals surface area contributed by atoms with Crippen molar-refractivity contribution < 1.29 is 19.1 Å². The first-order valence-corrected chi connectivity index (χ1v) is 9.70. The van der Waals surface area contributed by atoms with Gasteiger partial charge in [-0.05, 0) is 42.0 Å². The number of hydrogen-bond donors (Lipinski definition) is 0. The predicted molar refractivity (Wildman–Crippen MR) is 111 cm³/mol. The molecule has 2 amide bonds. The lowest BCUT2D eigenvalue weighted by Gasteiger charge is -2.40. The van der Waals surface area contributed by atoms with Gasteiger partial charge >= 0.3 is 0 Å². The van der Waals surface area contributed by atoms with E-state index in [0.717, 1.165) is 0 Å². The van der Waals surface area contributed by atoms with Crippen molar-refractivity contribution in [3.63, 3.8) is 0 Å². The molecule has 3 heterocycles. The fraction of sp³-hybridized carbons (Fsp3) is 0.174. The summed E-state index contributed by atoms with van der Waals surface area (Å²) in [6.45, 7) is 0.886. The van der Waals surface area contributed by atoms with Crippen molar-refractivity contribution in [3.8, 4) is 11.5 Å². The average molecular weight is 401 g/mol. The van der Waals surface area contributed by atoms with E-state index in [2.05, 4.69) is 4.98 Å². The molecule has 5 rings (SSSR count). The molecule has 2 aliphatic rings. The molecule has 1 aromatic heterocycles. The maximum absolute atomic E-state index is 13.6. The predicted octanol–water partition coefficient (Wildman–Crippen LogP) is 2.97. The molecular weight excluding hydrogens is 382 g/mol. The first-order valence-electron chi connectivity index (χ1n) is 9.70. The summed E-state index contributed by atoms with van der Waals surface area (Å²) in [4.78, 5) is 34.0. The number of carbonyl (C=O) groups is 2. The van der Waals surface area contributed by atoms with E-state index < -0.39 is 6.04 Å². The maximum Gasteiger partial charge on any atom is 0.255 e. The minimum absolute atomic E-state index is 0.0428. The summed E-state index contributed by atoms with van der Waals surface area (Å²) >= 11 is 0. The largest absolute Gasteiger partial charge is 0.486 e. The summed E-state index contributed by atoms with van der Waals surface area (Å²) in [5.41, 5.74) is 1.97. The van der Waals surface area contributed by atoms with Gasteiger partial charge in [0.2, 0.25) is 5.91 Å². The highest BCUT2D eigenvalue weighted by molar-refractivity contribution is 6.14. The number of hydrogen-bond acceptors (Lipinski definition) is 5. The summed E-state index contributed by atoms with van der Waals surface area (Å²) in [6, 6.07) is 17.3. The molecule has 0 N–H and O–H groups in total. The summed E-state index contributed by atoms with van der Waals surface area (Å²) < 4.78 is 11.3. The number of anilines is 2. The van der Waals surface area contributed by atoms with Crippen LogP contribution in [0, 0.1) is 0 Å². The second kappa shape index (κ2) is 7.51. The number of amides is 2. The van der Waals surface area contributed by atoms with Gasteiger partial charge in [0.05, 0.1) is 0 Å². The van der Waals surface area contributed by atoms with Crippen LogP contribution in [0.2, 0.25) is 0 Å². The van der Waals surface area contributed by atoms with E-state index in [4.69, 9.17) is 9.47 Å². The molecule has 150 valence electrons. The fourth-order valence-corrected chi connectivity index (χ4v) is 3.83. The van der Waals surface area contributed by atoms with E-state index in [1.807, 2.05) is 30.3 Å². The van der Waals surface area contributed by atoms with Gasteiger partial charge in [0.1, 0.15) is 25.8 Å². The van der Waals surface area contributed by atoms with Crippen LogP contribution in [-0.2, 0) is 9.59 Å². The molecule has 2 aromatic carbocycles. The smallest absolute Gasteiger partial charge is 0.255 e. The summed E-state index contributed by atoms with van der Waals surface area (Å²) in [7, 11) is 0. The Kier molecular flexibility index (Phi) is 4.55. The van der Waals surface area contributed by atoms with Crippen LogP contribution in [0.4, 0.5) is 11.4 Å². The molecule has 0 aliphatic carbocycles. The van der Waals surface area contributed by atoms with Crippen LogP contribution in [-0.4, -0.2) is 36.6 Å². The Morgan fingerprint density at radius 1 is 0.833 bits per heavy atom. The Morgan fingerprint density at radius 2 is 1.57 bits per heavy atom. The third-order valence-electron chi connectivity index (χ3n) is 5.21. The zero-order valence-corrected chi connectivity index (χ0v) is 16.1. The highest BCUT2D eigenvalue weighted by atomic mass is 16.6. The van der Waals surface area contributed by atoms with E-state index in [1.54, 1.807) is 42.7 Å². The Hall–Kier alpha value is -3.87. The number of ether oxygens (including phenoxy) is 2. The lowest BCUT2D eigenvalue weighted by atomic mass is 10.0. The van der Waals surface area contributed by atoms with Crippen molar-refractivity contribution >= 4 is 23.2 Å². The molecule has 0 saturated carbocycles. The molecule has 1 atom stereocenters. The minimum atomic E-state index is -0.808. The van der Waals surface area contributed by atoms with E-state index in [1.165, 1.54) is 9.80 Å². The molecule has 0 radical (unpaired) electrons. The molecule has 0 spiro atoms. The van der Waals surface area contributed by atoms with Crippen LogP contribution in [0.3, 0.4) is 0 Å². The fourth-order valence-electron chi connectivity index (χ4n) is 3.83. The van der Waals surface area contributed by atoms with Crippen molar-refractivity contribution in [2.75, 3.05) is 29.6 Å². The lowest BCUT2D eigenvalue weighted by Crippen LogP contribution is -2.56. The van der Waals surface area contributed by atoms with Crippen LogP contribution in [0.25, 0.3) is 0 Å². The third kappa shape index (κ3) is 3.14. The van der Waals surface area contributed by atoms with Gasteiger partial charge in [-0.15, -0.1) is 0 Å². The van der Waals surface area contributed by atoms with Gasteiger partial charge in [-0.25, -0.2) is 0 Å². The Balaban J connectivity index is 1.59. The van der Waals surface area contributed by atoms with Crippen LogP contribution < -0.4 is 19.3 Å². The molecule has 0 bridgehead atoms. The number of carbonyl (C=O) groups excluding carboxylic acids is 2. The Bertz CT molecular complexity index is 1090. The molecule has 7 heteroatoms. The second-order valence-corrected chi connectivity index (χ2v) is 7.03. The zero-order valence-electron chi connectivity index (χ0n) is 16.1. The third-order valence-corrected chi connectivity index (χ3v) is 5.21. The standard InChI is InChI=1S/C23H19N3O4/c27-21-15-25(17-4-2-1-3-5-17)23(28)22(16-8-10-24-11-9-16)26(21)18-6-7-19-20(14-18)30-13-12-29-19/h1-11,14,22H,12-13,15H2. The first kappa shape index (κ1) is 18.2. The number of fused-ring (bicyclic) bond motifs is 1. The highest BCUT2D eigenvalue weighted by Crippen LogP contribution is 2.39. The quantitative estimate of drug-likeness (QED) is 0.675. The highest BCUT2D eigenvalue weighted by Gasteiger charge is 2.42. The summed E-state index contributed by atoms with van der Waals surface area (Å²) in [6.07, 6.45) is 3.24. The van der Waals surface area contributed by atoms with Crippen molar-refractivity contribution in [2.24, 2.45) is 0 Å². The van der Waals surface area contributed by atoms with Crippen LogP contribution in [0.5, 0.6) is 11.5 Å². The van der Waals surface area contributed by atoms with E-state index in [-0.39, 0.29) is 18.4 Å². The van der Waals surface area contributed by atoms with Crippen molar-refractivity contribution in [2.45, 2.75) is 6.04 Å². The Labute approximate surface area is 173 Å². The monoisotopic (exact) mass is 401 g/mol. The maximum atomic E-state index is 13.6. The number of para-hydroxylation sites is 1. The molecule has 2 aliphatic heterocycles. The van der Waals surface area contributed by atoms with E-state index >= 15 is 0 Å². The summed E-state index contributed by atoms with van der Waals surface area (Å²) in [5, 5.41) is 0. The number of pyridine rings is 1. The van der Waals surface area contributed by atoms with Gasteiger partial charge in [0, 0.05) is 29.8 Å². The topological polar surface area (TPSA) is 72.0 Å². The van der Waals surface area contributed by atoms with Crippen molar-refractivity contribution in [1.82, 2.24) is 4.98 Å². The van der Waals surface area contributed by atoms with Crippen LogP contribution >= 0.6 is 0 Å². The number of rotatable bonds is 3. The van der Waals surface area contributed by atoms with Crippen LogP contribution in [0.15, 0.2) is 73.1 Å². The van der Waals surface area contributed by atoms with E-state index in [9.17, 15) is 9.59 Å². The lowest BCUT2D eigenvalue weighted by molar-refractivity contribution is -0.128. The molecule has 7 nitrogen and oxygen atoms in total. The van der Waals surface area contributed by atoms with Crippen molar-refractivity contribution in [1.29, 1.82) is 0 Å². The summed E-state index contributed by atoms with van der Waals surface area (Å²) in [5.74, 6) is 0.837. The number of benzene rings is 2. The molecule has 30 heavy (non-hydrogen) atoms. The van der Waals surface area contributed by atoms with Gasteiger partial charge in [0.25, 0.3) is 5.91 Å². The number of nitrogens with zero attached hydrogens (tertiary/aromatic N) is 3. The minimum Gasteiger partial charge on any atom is -0.486 e. The SMILES string of the molecule is O=C1C(c2ccncc2)N(c2ccc3c(c2)OCCO3)C(=O)CN1c1ccccc1. The normalized spacial score (nSPS) is 18.5. The van der Waals surface area contributed by atoms with Gasteiger partial charge in [0.15, 0.2) is 11.5 Å². The van der Waals surface area contributed by atoms with E-state index in [0.29, 0.717) is 41.7 Å². The van der Waals surface area contributed by atoms with Crippen molar-refractivity contribution in [3.05, 3.63) is 78.6 Å². The van der Waals surface area contributed by atoms with Crippen LogP contribution in [0.1, 0.15) is 11.6 Å². The molecule has 3 aromatic rings. The van der Waals surface area contributed by atoms with Gasteiger partial charge in [-0.1, -0.05) is 18.2 Å². The molecule has 1 saturated heterocycles. The number of aromatic nitrogens is 1. The first-order chi connectivity index (χ1) is 14.7. The zero-order chi connectivity index (χ0) is 20.5. The van der Waals surface area contributed by atoms with Gasteiger partial charge < -0.3 is 14.4 Å². The molecule has 1 unspecified atom stereocenters.